The number of carbonyl (C=O) groups is 2. The number of benzene rings is 1. The van der Waals surface area contributed by atoms with Crippen molar-refractivity contribution in [2.24, 2.45) is 5.73 Å². The van der Waals surface area contributed by atoms with Gasteiger partial charge in [-0.25, -0.2) is 4.79 Å². The zero-order valence-electron chi connectivity index (χ0n) is 14.2. The number of aromatic nitrogens is 2. The Morgan fingerprint density at radius 3 is 2.50 bits per heavy atom. The quantitative estimate of drug-likeness (QED) is 0.612. The van der Waals surface area contributed by atoms with Gasteiger partial charge in [-0.05, 0) is 6.07 Å². The van der Waals surface area contributed by atoms with Gasteiger partial charge in [0.2, 0.25) is 5.91 Å². The molecule has 2 aromatic rings. The van der Waals surface area contributed by atoms with E-state index in [0.29, 0.717) is 4.57 Å². The summed E-state index contributed by atoms with van der Waals surface area (Å²) in [6, 6.07) is 6.00. The fourth-order valence-corrected chi connectivity index (χ4v) is 2.22. The highest BCUT2D eigenvalue weighted by molar-refractivity contribution is 5.92. The maximum absolute atomic E-state index is 12.4. The van der Waals surface area contributed by atoms with Crippen molar-refractivity contribution in [2.45, 2.75) is 25.9 Å². The number of alkyl halides is 3. The monoisotopic (exact) mass is 400 g/mol. The lowest BCUT2D eigenvalue weighted by Crippen LogP contribution is -2.39. The molecule has 2 amide bonds. The van der Waals surface area contributed by atoms with Gasteiger partial charge in [0.15, 0.2) is 0 Å². The van der Waals surface area contributed by atoms with E-state index in [9.17, 15) is 32.3 Å². The summed E-state index contributed by atoms with van der Waals surface area (Å²) in [7, 11) is 0. The number of carbonyl (C=O) groups excluding carboxylic acids is 2. The predicted octanol–water partition coefficient (Wildman–Crippen LogP) is 0.241. The van der Waals surface area contributed by atoms with Gasteiger partial charge < -0.3 is 20.8 Å². The number of para-hydroxylation sites is 1. The smallest absolute Gasteiger partial charge is 0.405 e. The first-order valence-electron chi connectivity index (χ1n) is 7.81. The van der Waals surface area contributed by atoms with Crippen molar-refractivity contribution in [3.8, 4) is 5.75 Å². The second kappa shape index (κ2) is 8.41. The van der Waals surface area contributed by atoms with E-state index in [-0.39, 0.29) is 30.8 Å². The summed E-state index contributed by atoms with van der Waals surface area (Å²) in [5, 5.41) is 2.29. The summed E-state index contributed by atoms with van der Waals surface area (Å²) in [5.74, 6) is -2.10. The molecule has 9 nitrogen and oxygen atoms in total. The third kappa shape index (κ3) is 5.72. The summed E-state index contributed by atoms with van der Waals surface area (Å²) < 4.78 is 41.8. The van der Waals surface area contributed by atoms with Gasteiger partial charge in [0.25, 0.3) is 11.5 Å². The first kappa shape index (κ1) is 20.7. The van der Waals surface area contributed by atoms with E-state index in [2.05, 4.69) is 15.0 Å². The lowest BCUT2D eigenvalue weighted by molar-refractivity contribution is -0.274. The number of aromatic amines is 1. The highest BCUT2D eigenvalue weighted by Crippen LogP contribution is 2.26. The summed E-state index contributed by atoms with van der Waals surface area (Å²) in [5.41, 5.74) is 2.83. The lowest BCUT2D eigenvalue weighted by atomic mass is 10.2. The summed E-state index contributed by atoms with van der Waals surface area (Å²) in [6.07, 6.45) is -5.15. The van der Waals surface area contributed by atoms with Gasteiger partial charge in [-0.15, -0.1) is 13.2 Å². The Morgan fingerprint density at radius 2 is 1.89 bits per heavy atom. The number of nitrogens with zero attached hydrogens (tertiary/aromatic N) is 1. The topological polar surface area (TPSA) is 136 Å². The van der Waals surface area contributed by atoms with Gasteiger partial charge in [0, 0.05) is 31.1 Å². The third-order valence-corrected chi connectivity index (χ3v) is 3.48. The van der Waals surface area contributed by atoms with E-state index in [1.807, 2.05) is 0 Å². The number of rotatable bonds is 7. The van der Waals surface area contributed by atoms with Crippen LogP contribution in [0.1, 0.15) is 22.5 Å². The minimum absolute atomic E-state index is 0.0327. The van der Waals surface area contributed by atoms with Crippen molar-refractivity contribution in [3.05, 3.63) is 62.4 Å². The second-order valence-electron chi connectivity index (χ2n) is 5.53. The number of nitrogens with two attached hydrogens (primary N) is 1. The number of hydrogen-bond donors (Lipinski definition) is 3. The fraction of sp³-hybridized carbons (Fsp3) is 0.250. The van der Waals surface area contributed by atoms with Crippen LogP contribution in [0.2, 0.25) is 0 Å². The number of hydrogen-bond acceptors (Lipinski definition) is 5. The molecule has 12 heteroatoms. The van der Waals surface area contributed by atoms with E-state index in [1.165, 1.54) is 18.2 Å². The molecule has 0 aliphatic carbocycles. The van der Waals surface area contributed by atoms with Crippen LogP contribution in [-0.2, 0) is 17.9 Å². The standard InChI is InChI=1S/C16H15F3N4O5/c17-16(18,19)28-11-4-2-1-3-9(11)8-21-14(26)10-7-13(25)23(15(27)22-10)6-5-12(20)24/h1-4,7H,5-6,8H2,(H2,20,24)(H,21,26)(H,22,27). The molecule has 150 valence electrons. The normalized spacial score (nSPS) is 11.1. The Hall–Kier alpha value is -3.57. The Kier molecular flexibility index (Phi) is 6.23. The van der Waals surface area contributed by atoms with Crippen LogP contribution in [0.4, 0.5) is 13.2 Å². The molecule has 2 rings (SSSR count). The molecule has 0 radical (unpaired) electrons. The van der Waals surface area contributed by atoms with E-state index < -0.39 is 35.2 Å². The predicted molar refractivity (Wildman–Crippen MR) is 89.4 cm³/mol. The highest BCUT2D eigenvalue weighted by Gasteiger charge is 2.32. The Morgan fingerprint density at radius 1 is 1.21 bits per heavy atom. The highest BCUT2D eigenvalue weighted by atomic mass is 19.4. The molecule has 0 unspecified atom stereocenters. The van der Waals surface area contributed by atoms with Crippen LogP contribution in [0, 0.1) is 0 Å². The van der Waals surface area contributed by atoms with Gasteiger partial charge in [-0.2, -0.15) is 0 Å². The van der Waals surface area contributed by atoms with Gasteiger partial charge in [-0.1, -0.05) is 18.2 Å². The Bertz CT molecular complexity index is 965. The van der Waals surface area contributed by atoms with Gasteiger partial charge in [0.1, 0.15) is 11.4 Å². The number of H-pyrrole nitrogens is 1. The molecular weight excluding hydrogens is 385 g/mol. The van der Waals surface area contributed by atoms with Crippen LogP contribution in [0.15, 0.2) is 39.9 Å². The lowest BCUT2D eigenvalue weighted by Gasteiger charge is -2.13. The molecule has 1 heterocycles. The average molecular weight is 400 g/mol. The van der Waals surface area contributed by atoms with Crippen LogP contribution in [0.25, 0.3) is 0 Å². The van der Waals surface area contributed by atoms with E-state index in [4.69, 9.17) is 5.73 Å². The van der Waals surface area contributed by atoms with E-state index in [1.54, 1.807) is 0 Å². The number of amides is 2. The molecule has 1 aromatic heterocycles. The maximum Gasteiger partial charge on any atom is 0.573 e. The first-order valence-corrected chi connectivity index (χ1v) is 7.81. The average Bonchev–Trinajstić information content (AvgIpc) is 2.58. The maximum atomic E-state index is 12.4. The van der Waals surface area contributed by atoms with Crippen LogP contribution < -0.4 is 27.0 Å². The summed E-state index contributed by atoms with van der Waals surface area (Å²) in [4.78, 5) is 48.9. The number of nitrogens with one attached hydrogen (secondary N) is 2. The Balaban J connectivity index is 2.13. The van der Waals surface area contributed by atoms with Gasteiger partial charge >= 0.3 is 12.1 Å². The minimum atomic E-state index is -4.90. The van der Waals surface area contributed by atoms with Crippen molar-refractivity contribution in [1.82, 2.24) is 14.9 Å². The fourth-order valence-electron chi connectivity index (χ4n) is 2.22. The van der Waals surface area contributed by atoms with Crippen molar-refractivity contribution in [2.75, 3.05) is 0 Å². The molecule has 4 N–H and O–H groups in total. The largest absolute Gasteiger partial charge is 0.573 e. The SMILES string of the molecule is NC(=O)CCn1c(=O)cc(C(=O)NCc2ccccc2OC(F)(F)F)[nH]c1=O. The van der Waals surface area contributed by atoms with E-state index in [0.717, 1.165) is 12.1 Å². The second-order valence-corrected chi connectivity index (χ2v) is 5.53. The molecule has 1 aromatic carbocycles. The molecule has 0 aliphatic rings. The molecular formula is C16H15F3N4O5. The van der Waals surface area contributed by atoms with Crippen molar-refractivity contribution in [1.29, 1.82) is 0 Å². The molecule has 0 spiro atoms. The molecule has 0 bridgehead atoms. The molecule has 0 saturated heterocycles. The first-order chi connectivity index (χ1) is 13.1. The van der Waals surface area contributed by atoms with Crippen LogP contribution in [0.5, 0.6) is 5.75 Å². The summed E-state index contributed by atoms with van der Waals surface area (Å²) in [6.45, 7) is -0.606. The van der Waals surface area contributed by atoms with Crippen molar-refractivity contribution >= 4 is 11.8 Å². The molecule has 0 aliphatic heterocycles. The summed E-state index contributed by atoms with van der Waals surface area (Å²) >= 11 is 0. The van der Waals surface area contributed by atoms with Crippen LogP contribution in [0.3, 0.4) is 0 Å². The third-order valence-electron chi connectivity index (χ3n) is 3.48. The molecule has 0 fully saturated rings. The van der Waals surface area contributed by atoms with Gasteiger partial charge in [-0.3, -0.25) is 19.0 Å². The zero-order valence-corrected chi connectivity index (χ0v) is 14.2. The van der Waals surface area contributed by atoms with Crippen molar-refractivity contribution < 1.29 is 27.5 Å². The Labute approximate surface area is 154 Å². The van der Waals surface area contributed by atoms with Crippen LogP contribution in [-0.4, -0.2) is 27.7 Å². The number of primary amides is 1. The molecule has 0 saturated carbocycles. The van der Waals surface area contributed by atoms with Gasteiger partial charge in [0.05, 0.1) is 0 Å². The van der Waals surface area contributed by atoms with Crippen LogP contribution >= 0.6 is 0 Å². The van der Waals surface area contributed by atoms with Crippen molar-refractivity contribution in [3.63, 3.8) is 0 Å². The van der Waals surface area contributed by atoms with E-state index >= 15 is 0 Å². The number of ether oxygens (including phenoxy) is 1. The molecule has 0 atom stereocenters. The molecule has 28 heavy (non-hydrogen) atoms. The number of halogens is 3. The minimum Gasteiger partial charge on any atom is -0.405 e. The zero-order chi connectivity index (χ0) is 20.9.